The van der Waals surface area contributed by atoms with E-state index < -0.39 is 0 Å². The lowest BCUT2D eigenvalue weighted by atomic mass is 9.98. The monoisotopic (exact) mass is 400 g/mol. The molecule has 0 spiro atoms. The summed E-state index contributed by atoms with van der Waals surface area (Å²) in [5.74, 6) is 5.76. The molecule has 0 bridgehead atoms. The molecule has 1 atom stereocenters. The number of rotatable bonds is 4. The summed E-state index contributed by atoms with van der Waals surface area (Å²) >= 11 is 7.09. The Morgan fingerprint density at radius 3 is 2.55 bits per heavy atom. The van der Waals surface area contributed by atoms with Crippen molar-refractivity contribution in [3.05, 3.63) is 49.7 Å². The summed E-state index contributed by atoms with van der Waals surface area (Å²) < 4.78 is 4.03. The van der Waals surface area contributed by atoms with Gasteiger partial charge in [-0.2, -0.15) is 5.10 Å². The highest BCUT2D eigenvalue weighted by Crippen LogP contribution is 2.28. The molecule has 0 saturated carbocycles. The lowest BCUT2D eigenvalue weighted by molar-refractivity contribution is 0.527. The summed E-state index contributed by atoms with van der Waals surface area (Å²) in [6.07, 6.45) is 0.775. The molecule has 108 valence electrons. The topological polar surface area (TPSA) is 55.9 Å². The smallest absolute Gasteiger partial charge is 0.0738 e. The first-order chi connectivity index (χ1) is 9.43. The van der Waals surface area contributed by atoms with Gasteiger partial charge in [0.15, 0.2) is 0 Å². The van der Waals surface area contributed by atoms with Crippen LogP contribution in [-0.2, 0) is 13.5 Å². The third-order valence-electron chi connectivity index (χ3n) is 3.47. The van der Waals surface area contributed by atoms with E-state index in [1.165, 1.54) is 11.1 Å². The largest absolute Gasteiger partial charge is 0.271 e. The van der Waals surface area contributed by atoms with Gasteiger partial charge in [0, 0.05) is 17.9 Å². The van der Waals surface area contributed by atoms with E-state index in [0.29, 0.717) is 0 Å². The Bertz CT molecular complexity index is 622. The van der Waals surface area contributed by atoms with Crippen LogP contribution in [0, 0.1) is 13.8 Å². The Labute approximate surface area is 136 Å². The lowest BCUT2D eigenvalue weighted by Crippen LogP contribution is -2.30. The van der Waals surface area contributed by atoms with Crippen molar-refractivity contribution in [2.45, 2.75) is 26.3 Å². The lowest BCUT2D eigenvalue weighted by Gasteiger charge is -2.19. The summed E-state index contributed by atoms with van der Waals surface area (Å²) in [6.45, 7) is 4.08. The molecule has 0 aliphatic carbocycles. The Morgan fingerprint density at radius 1 is 1.35 bits per heavy atom. The average Bonchev–Trinajstić information content (AvgIpc) is 2.62. The van der Waals surface area contributed by atoms with Crippen molar-refractivity contribution in [1.82, 2.24) is 15.2 Å². The van der Waals surface area contributed by atoms with Crippen LogP contribution in [0.2, 0.25) is 0 Å². The van der Waals surface area contributed by atoms with Gasteiger partial charge in [-0.1, -0.05) is 22.0 Å². The fourth-order valence-corrected chi connectivity index (χ4v) is 3.36. The van der Waals surface area contributed by atoms with Gasteiger partial charge < -0.3 is 0 Å². The SMILES string of the molecule is Cc1cc(Br)ccc1C(Cc1c(Br)c(C)nn1C)NN. The second kappa shape index (κ2) is 6.39. The van der Waals surface area contributed by atoms with E-state index in [2.05, 4.69) is 61.4 Å². The number of nitrogens with two attached hydrogens (primary N) is 1. The van der Waals surface area contributed by atoms with Gasteiger partial charge >= 0.3 is 0 Å². The molecule has 6 heteroatoms. The fourth-order valence-electron chi connectivity index (χ4n) is 2.38. The molecule has 3 N–H and O–H groups in total. The molecule has 1 aromatic heterocycles. The van der Waals surface area contributed by atoms with Crippen LogP contribution >= 0.6 is 31.9 Å². The fraction of sp³-hybridized carbons (Fsp3) is 0.357. The number of hydrazine groups is 1. The predicted molar refractivity (Wildman–Crippen MR) is 88.3 cm³/mol. The number of halogens is 2. The number of hydrogen-bond donors (Lipinski definition) is 2. The average molecular weight is 402 g/mol. The quantitative estimate of drug-likeness (QED) is 0.610. The van der Waals surface area contributed by atoms with Crippen molar-refractivity contribution in [2.24, 2.45) is 12.9 Å². The van der Waals surface area contributed by atoms with E-state index in [-0.39, 0.29) is 6.04 Å². The Hall–Kier alpha value is -0.690. The summed E-state index contributed by atoms with van der Waals surface area (Å²) in [4.78, 5) is 0. The summed E-state index contributed by atoms with van der Waals surface area (Å²) in [6, 6.07) is 6.29. The zero-order valence-corrected chi connectivity index (χ0v) is 14.9. The highest BCUT2D eigenvalue weighted by atomic mass is 79.9. The normalized spacial score (nSPS) is 12.7. The summed E-state index contributed by atoms with van der Waals surface area (Å²) in [5.41, 5.74) is 7.44. The van der Waals surface area contributed by atoms with Gasteiger partial charge in [0.1, 0.15) is 0 Å². The first-order valence-corrected chi connectivity index (χ1v) is 7.92. The Balaban J connectivity index is 2.33. The molecule has 2 rings (SSSR count). The number of aryl methyl sites for hydroxylation is 3. The first-order valence-electron chi connectivity index (χ1n) is 6.34. The van der Waals surface area contributed by atoms with Crippen molar-refractivity contribution < 1.29 is 0 Å². The summed E-state index contributed by atoms with van der Waals surface area (Å²) in [7, 11) is 1.95. The first kappa shape index (κ1) is 15.7. The van der Waals surface area contributed by atoms with Crippen LogP contribution in [-0.4, -0.2) is 9.78 Å². The highest BCUT2D eigenvalue weighted by Gasteiger charge is 2.18. The second-order valence-electron chi connectivity index (χ2n) is 4.89. The van der Waals surface area contributed by atoms with E-state index in [1.54, 1.807) is 0 Å². The zero-order chi connectivity index (χ0) is 14.9. The number of nitrogens with zero attached hydrogens (tertiary/aromatic N) is 2. The van der Waals surface area contributed by atoms with Gasteiger partial charge in [-0.05, 0) is 53.0 Å². The molecular weight excluding hydrogens is 384 g/mol. The van der Waals surface area contributed by atoms with Crippen LogP contribution in [0.25, 0.3) is 0 Å². The molecule has 1 unspecified atom stereocenters. The van der Waals surface area contributed by atoms with Gasteiger partial charge in [0.25, 0.3) is 0 Å². The molecule has 0 amide bonds. The maximum absolute atomic E-state index is 5.76. The van der Waals surface area contributed by atoms with Crippen molar-refractivity contribution in [3.63, 3.8) is 0 Å². The van der Waals surface area contributed by atoms with Crippen LogP contribution in [0.3, 0.4) is 0 Å². The summed E-state index contributed by atoms with van der Waals surface area (Å²) in [5, 5.41) is 4.42. The molecule has 0 aliphatic heterocycles. The molecular formula is C14H18Br2N4. The second-order valence-corrected chi connectivity index (χ2v) is 6.60. The van der Waals surface area contributed by atoms with E-state index in [1.807, 2.05) is 24.7 Å². The van der Waals surface area contributed by atoms with Crippen LogP contribution in [0.1, 0.15) is 28.6 Å². The van der Waals surface area contributed by atoms with E-state index in [9.17, 15) is 0 Å². The molecule has 0 aliphatic rings. The van der Waals surface area contributed by atoms with E-state index in [4.69, 9.17) is 5.84 Å². The van der Waals surface area contributed by atoms with Crippen molar-refractivity contribution in [3.8, 4) is 0 Å². The van der Waals surface area contributed by atoms with Crippen LogP contribution in [0.5, 0.6) is 0 Å². The minimum atomic E-state index is 0.0502. The number of nitrogens with one attached hydrogen (secondary N) is 1. The van der Waals surface area contributed by atoms with Crippen LogP contribution in [0.15, 0.2) is 27.1 Å². The number of aromatic nitrogens is 2. The minimum absolute atomic E-state index is 0.0502. The zero-order valence-electron chi connectivity index (χ0n) is 11.7. The van der Waals surface area contributed by atoms with Gasteiger partial charge in [-0.25, -0.2) is 0 Å². The van der Waals surface area contributed by atoms with Crippen molar-refractivity contribution >= 4 is 31.9 Å². The molecule has 2 aromatic rings. The number of hydrogen-bond acceptors (Lipinski definition) is 3. The van der Waals surface area contributed by atoms with Gasteiger partial charge in [0.05, 0.1) is 21.9 Å². The van der Waals surface area contributed by atoms with Crippen molar-refractivity contribution in [2.75, 3.05) is 0 Å². The third-order valence-corrected chi connectivity index (χ3v) is 4.99. The van der Waals surface area contributed by atoms with E-state index in [0.717, 1.165) is 26.8 Å². The Kier molecular flexibility index (Phi) is 5.01. The standard InChI is InChI=1S/C14H18Br2N4/c1-8-6-10(15)4-5-11(8)12(18-17)7-13-14(16)9(2)19-20(13)3/h4-6,12,18H,7,17H2,1-3H3. The van der Waals surface area contributed by atoms with Gasteiger partial charge in [-0.3, -0.25) is 16.0 Å². The molecule has 1 heterocycles. The van der Waals surface area contributed by atoms with Crippen molar-refractivity contribution in [1.29, 1.82) is 0 Å². The maximum Gasteiger partial charge on any atom is 0.0738 e. The molecule has 0 saturated heterocycles. The molecule has 20 heavy (non-hydrogen) atoms. The minimum Gasteiger partial charge on any atom is -0.271 e. The molecule has 0 fully saturated rings. The van der Waals surface area contributed by atoms with Crippen LogP contribution in [0.4, 0.5) is 0 Å². The van der Waals surface area contributed by atoms with Gasteiger partial charge in [0.2, 0.25) is 0 Å². The van der Waals surface area contributed by atoms with Crippen LogP contribution < -0.4 is 11.3 Å². The highest BCUT2D eigenvalue weighted by molar-refractivity contribution is 9.10. The molecule has 4 nitrogen and oxygen atoms in total. The van der Waals surface area contributed by atoms with Gasteiger partial charge in [-0.15, -0.1) is 0 Å². The van der Waals surface area contributed by atoms with E-state index >= 15 is 0 Å². The number of benzene rings is 1. The predicted octanol–water partition coefficient (Wildman–Crippen LogP) is 3.31. The molecule has 1 aromatic carbocycles. The Morgan fingerprint density at radius 2 is 2.05 bits per heavy atom. The maximum atomic E-state index is 5.76. The third kappa shape index (κ3) is 3.14. The molecule has 0 radical (unpaired) electrons.